The molecule has 1 aromatic carbocycles. The number of urea groups is 1. The van der Waals surface area contributed by atoms with Gasteiger partial charge < -0.3 is 15.3 Å². The number of rotatable bonds is 3. The standard InChI is InChI=1S/C14H17BrN2O3/c1-9-2-3-11(15)7-12(9)16-14(20)17-5-4-10(8-17)6-13(18)19/h2-3,7,10H,4-6,8H2,1H3,(H,16,20)(H,18,19). The molecule has 1 aliphatic heterocycles. The third-order valence-corrected chi connectivity index (χ3v) is 3.97. The lowest BCUT2D eigenvalue weighted by Crippen LogP contribution is -2.33. The summed E-state index contributed by atoms with van der Waals surface area (Å²) < 4.78 is 0.906. The molecular formula is C14H17BrN2O3. The summed E-state index contributed by atoms with van der Waals surface area (Å²) in [5, 5.41) is 11.7. The highest BCUT2D eigenvalue weighted by atomic mass is 79.9. The Morgan fingerprint density at radius 3 is 2.95 bits per heavy atom. The number of carbonyl (C=O) groups excluding carboxylic acids is 1. The maximum atomic E-state index is 12.2. The van der Waals surface area contributed by atoms with Gasteiger partial charge in [-0.25, -0.2) is 4.79 Å². The van der Waals surface area contributed by atoms with E-state index < -0.39 is 5.97 Å². The summed E-state index contributed by atoms with van der Waals surface area (Å²) in [6, 6.07) is 5.54. The molecule has 5 nitrogen and oxygen atoms in total. The van der Waals surface area contributed by atoms with E-state index in [4.69, 9.17) is 5.11 Å². The molecule has 0 saturated carbocycles. The van der Waals surface area contributed by atoms with Crippen LogP contribution in [0.4, 0.5) is 10.5 Å². The minimum Gasteiger partial charge on any atom is -0.481 e. The van der Waals surface area contributed by atoms with Crippen LogP contribution in [0.15, 0.2) is 22.7 Å². The predicted molar refractivity (Wildman–Crippen MR) is 79.8 cm³/mol. The van der Waals surface area contributed by atoms with Gasteiger partial charge in [0.05, 0.1) is 0 Å². The van der Waals surface area contributed by atoms with Gasteiger partial charge in [0, 0.05) is 29.7 Å². The van der Waals surface area contributed by atoms with Gasteiger partial charge >= 0.3 is 12.0 Å². The Morgan fingerprint density at radius 1 is 1.50 bits per heavy atom. The maximum Gasteiger partial charge on any atom is 0.321 e. The molecule has 1 unspecified atom stereocenters. The van der Waals surface area contributed by atoms with E-state index in [0.29, 0.717) is 13.1 Å². The molecule has 0 aromatic heterocycles. The van der Waals surface area contributed by atoms with Gasteiger partial charge in [-0.2, -0.15) is 0 Å². The number of aliphatic carboxylic acids is 1. The van der Waals surface area contributed by atoms with Crippen molar-refractivity contribution in [2.24, 2.45) is 5.92 Å². The first-order chi connectivity index (χ1) is 9.45. The summed E-state index contributed by atoms with van der Waals surface area (Å²) in [5.41, 5.74) is 1.76. The van der Waals surface area contributed by atoms with Gasteiger partial charge in [-0.1, -0.05) is 22.0 Å². The van der Waals surface area contributed by atoms with E-state index in [-0.39, 0.29) is 18.4 Å². The highest BCUT2D eigenvalue weighted by Crippen LogP contribution is 2.23. The van der Waals surface area contributed by atoms with Crippen molar-refractivity contribution in [2.75, 3.05) is 18.4 Å². The molecule has 1 saturated heterocycles. The van der Waals surface area contributed by atoms with Crippen molar-refractivity contribution in [3.63, 3.8) is 0 Å². The SMILES string of the molecule is Cc1ccc(Br)cc1NC(=O)N1CCC(CC(=O)O)C1. The Bertz CT molecular complexity index is 533. The minimum absolute atomic E-state index is 0.0573. The molecule has 0 spiro atoms. The Hall–Kier alpha value is -1.56. The highest BCUT2D eigenvalue weighted by molar-refractivity contribution is 9.10. The zero-order valence-corrected chi connectivity index (χ0v) is 12.8. The van der Waals surface area contributed by atoms with Gasteiger partial charge in [-0.3, -0.25) is 4.79 Å². The molecule has 1 aliphatic rings. The van der Waals surface area contributed by atoms with Crippen molar-refractivity contribution < 1.29 is 14.7 Å². The summed E-state index contributed by atoms with van der Waals surface area (Å²) in [7, 11) is 0. The summed E-state index contributed by atoms with van der Waals surface area (Å²) in [6.45, 7) is 3.04. The number of hydrogen-bond donors (Lipinski definition) is 2. The van der Waals surface area contributed by atoms with Crippen molar-refractivity contribution in [3.05, 3.63) is 28.2 Å². The number of benzene rings is 1. The second-order valence-corrected chi connectivity index (χ2v) is 6.00. The van der Waals surface area contributed by atoms with Crippen LogP contribution >= 0.6 is 15.9 Å². The fourth-order valence-electron chi connectivity index (χ4n) is 2.35. The van der Waals surface area contributed by atoms with Crippen molar-refractivity contribution in [2.45, 2.75) is 19.8 Å². The topological polar surface area (TPSA) is 69.6 Å². The van der Waals surface area contributed by atoms with E-state index in [0.717, 1.165) is 22.1 Å². The van der Waals surface area contributed by atoms with Crippen molar-refractivity contribution in [3.8, 4) is 0 Å². The molecule has 1 aromatic rings. The molecule has 0 aliphatic carbocycles. The van der Waals surface area contributed by atoms with E-state index >= 15 is 0 Å². The first kappa shape index (κ1) is 14.8. The molecule has 2 rings (SSSR count). The van der Waals surface area contributed by atoms with Crippen LogP contribution in [-0.2, 0) is 4.79 Å². The zero-order valence-electron chi connectivity index (χ0n) is 11.2. The number of carboxylic acid groups (broad SMARTS) is 1. The maximum absolute atomic E-state index is 12.2. The summed E-state index contributed by atoms with van der Waals surface area (Å²) in [5.74, 6) is -0.748. The number of nitrogens with zero attached hydrogens (tertiary/aromatic N) is 1. The second-order valence-electron chi connectivity index (χ2n) is 5.09. The molecule has 1 fully saturated rings. The predicted octanol–water partition coefficient (Wildman–Crippen LogP) is 3.09. The Balaban J connectivity index is 1.96. The van der Waals surface area contributed by atoms with Crippen LogP contribution in [-0.4, -0.2) is 35.1 Å². The number of aryl methyl sites for hydroxylation is 1. The Kier molecular flexibility index (Phi) is 4.65. The van der Waals surface area contributed by atoms with E-state index in [1.165, 1.54) is 0 Å². The van der Waals surface area contributed by atoms with Crippen LogP contribution in [0.25, 0.3) is 0 Å². The number of halogens is 1. The van der Waals surface area contributed by atoms with Gasteiger partial charge in [0.15, 0.2) is 0 Å². The van der Waals surface area contributed by atoms with Crippen molar-refractivity contribution in [1.82, 2.24) is 4.90 Å². The van der Waals surface area contributed by atoms with Crippen molar-refractivity contribution >= 4 is 33.6 Å². The van der Waals surface area contributed by atoms with E-state index in [1.54, 1.807) is 4.90 Å². The Labute approximate surface area is 126 Å². The minimum atomic E-state index is -0.805. The fourth-order valence-corrected chi connectivity index (χ4v) is 2.71. The second kappa shape index (κ2) is 6.26. The number of carbonyl (C=O) groups is 2. The molecule has 20 heavy (non-hydrogen) atoms. The van der Waals surface area contributed by atoms with Crippen LogP contribution in [0.3, 0.4) is 0 Å². The molecule has 108 valence electrons. The third kappa shape index (κ3) is 3.72. The lowest BCUT2D eigenvalue weighted by atomic mass is 10.1. The van der Waals surface area contributed by atoms with Gasteiger partial charge in [0.25, 0.3) is 0 Å². The van der Waals surface area contributed by atoms with E-state index in [1.807, 2.05) is 25.1 Å². The largest absolute Gasteiger partial charge is 0.481 e. The number of anilines is 1. The van der Waals surface area contributed by atoms with E-state index in [2.05, 4.69) is 21.2 Å². The average molecular weight is 341 g/mol. The number of amides is 2. The van der Waals surface area contributed by atoms with Crippen LogP contribution in [0.2, 0.25) is 0 Å². The lowest BCUT2D eigenvalue weighted by molar-refractivity contribution is -0.138. The quantitative estimate of drug-likeness (QED) is 0.888. The normalized spacial score (nSPS) is 18.1. The van der Waals surface area contributed by atoms with Crippen LogP contribution in [0, 0.1) is 12.8 Å². The van der Waals surface area contributed by atoms with Gasteiger partial charge in [0.2, 0.25) is 0 Å². The summed E-state index contributed by atoms with van der Waals surface area (Å²) in [4.78, 5) is 24.5. The molecule has 0 radical (unpaired) electrons. The molecule has 1 atom stereocenters. The molecule has 1 heterocycles. The molecule has 0 bridgehead atoms. The first-order valence-corrected chi connectivity index (χ1v) is 7.29. The van der Waals surface area contributed by atoms with Crippen LogP contribution < -0.4 is 5.32 Å². The zero-order chi connectivity index (χ0) is 14.7. The monoisotopic (exact) mass is 340 g/mol. The molecular weight excluding hydrogens is 324 g/mol. The third-order valence-electron chi connectivity index (χ3n) is 3.48. The Morgan fingerprint density at radius 2 is 2.25 bits per heavy atom. The first-order valence-electron chi connectivity index (χ1n) is 6.49. The molecule has 2 amide bonds. The van der Waals surface area contributed by atoms with Gasteiger partial charge in [-0.15, -0.1) is 0 Å². The lowest BCUT2D eigenvalue weighted by Gasteiger charge is -2.18. The molecule has 6 heteroatoms. The van der Waals surface area contributed by atoms with E-state index in [9.17, 15) is 9.59 Å². The molecule has 2 N–H and O–H groups in total. The van der Waals surface area contributed by atoms with Gasteiger partial charge in [-0.05, 0) is 37.0 Å². The van der Waals surface area contributed by atoms with Crippen LogP contribution in [0.5, 0.6) is 0 Å². The van der Waals surface area contributed by atoms with Crippen molar-refractivity contribution in [1.29, 1.82) is 0 Å². The average Bonchev–Trinajstić information content (AvgIpc) is 2.81. The number of carboxylic acids is 1. The summed E-state index contributed by atoms with van der Waals surface area (Å²) >= 11 is 3.38. The summed E-state index contributed by atoms with van der Waals surface area (Å²) in [6.07, 6.45) is 0.872. The number of hydrogen-bond acceptors (Lipinski definition) is 2. The number of likely N-dealkylation sites (tertiary alicyclic amines) is 1. The smallest absolute Gasteiger partial charge is 0.321 e. The number of nitrogens with one attached hydrogen (secondary N) is 1. The highest BCUT2D eigenvalue weighted by Gasteiger charge is 2.27. The fraction of sp³-hybridized carbons (Fsp3) is 0.429. The van der Waals surface area contributed by atoms with Crippen LogP contribution in [0.1, 0.15) is 18.4 Å². The van der Waals surface area contributed by atoms with Gasteiger partial charge in [0.1, 0.15) is 0 Å².